The first-order valence-electron chi connectivity index (χ1n) is 5.99. The van der Waals surface area contributed by atoms with E-state index in [-0.39, 0.29) is 0 Å². The third-order valence-corrected chi connectivity index (χ3v) is 5.66. The van der Waals surface area contributed by atoms with Crippen molar-refractivity contribution in [2.75, 3.05) is 24.6 Å². The van der Waals surface area contributed by atoms with Crippen LogP contribution in [0.1, 0.15) is 32.6 Å². The maximum Gasteiger partial charge on any atom is 0.150 e. The fourth-order valence-corrected chi connectivity index (χ4v) is 4.63. The molecular formula is C11H21NO2S. The van der Waals surface area contributed by atoms with Crippen molar-refractivity contribution in [2.24, 2.45) is 11.3 Å². The zero-order chi connectivity index (χ0) is 10.9. The molecule has 1 heterocycles. The average molecular weight is 231 g/mol. The second kappa shape index (κ2) is 4.06. The van der Waals surface area contributed by atoms with E-state index in [0.717, 1.165) is 25.9 Å². The molecule has 15 heavy (non-hydrogen) atoms. The Balaban J connectivity index is 1.88. The van der Waals surface area contributed by atoms with E-state index < -0.39 is 9.84 Å². The highest BCUT2D eigenvalue weighted by Crippen LogP contribution is 2.54. The first-order valence-corrected chi connectivity index (χ1v) is 7.81. The predicted octanol–water partition coefficient (Wildman–Crippen LogP) is 1.20. The summed E-state index contributed by atoms with van der Waals surface area (Å²) in [5.41, 5.74) is 0.346. The molecule has 1 saturated heterocycles. The maximum atomic E-state index is 11.4. The molecule has 0 aromatic rings. The van der Waals surface area contributed by atoms with Crippen LogP contribution in [0.4, 0.5) is 0 Å². The Kier molecular flexibility index (Phi) is 3.08. The second-order valence-electron chi connectivity index (χ2n) is 5.14. The highest BCUT2D eigenvalue weighted by molar-refractivity contribution is 7.91. The average Bonchev–Trinajstić information content (AvgIpc) is 2.86. The van der Waals surface area contributed by atoms with Crippen LogP contribution in [-0.2, 0) is 9.84 Å². The largest absolute Gasteiger partial charge is 0.316 e. The first-order chi connectivity index (χ1) is 7.08. The summed E-state index contributed by atoms with van der Waals surface area (Å²) in [6.07, 6.45) is 4.50. The smallest absolute Gasteiger partial charge is 0.150 e. The van der Waals surface area contributed by atoms with Crippen LogP contribution in [-0.4, -0.2) is 33.0 Å². The van der Waals surface area contributed by atoms with Crippen molar-refractivity contribution in [1.82, 2.24) is 5.32 Å². The van der Waals surface area contributed by atoms with Gasteiger partial charge in [0.2, 0.25) is 0 Å². The van der Waals surface area contributed by atoms with E-state index in [9.17, 15) is 8.42 Å². The fraction of sp³-hybridized carbons (Fsp3) is 1.00. The molecule has 0 bridgehead atoms. The van der Waals surface area contributed by atoms with Gasteiger partial charge in [0.15, 0.2) is 9.84 Å². The van der Waals surface area contributed by atoms with E-state index in [4.69, 9.17) is 0 Å². The van der Waals surface area contributed by atoms with Crippen LogP contribution in [0.2, 0.25) is 0 Å². The molecule has 1 unspecified atom stereocenters. The minimum Gasteiger partial charge on any atom is -0.316 e. The number of sulfone groups is 1. The van der Waals surface area contributed by atoms with Gasteiger partial charge in [-0.05, 0) is 43.6 Å². The molecule has 1 saturated carbocycles. The molecule has 0 aromatic heterocycles. The van der Waals surface area contributed by atoms with Crippen LogP contribution in [0, 0.1) is 11.3 Å². The Morgan fingerprint density at radius 1 is 1.40 bits per heavy atom. The number of rotatable bonds is 5. The topological polar surface area (TPSA) is 46.2 Å². The number of hydrogen-bond donors (Lipinski definition) is 1. The molecule has 1 aliphatic carbocycles. The summed E-state index contributed by atoms with van der Waals surface area (Å²) in [6.45, 7) is 4.24. The number of hydrogen-bond acceptors (Lipinski definition) is 3. The predicted molar refractivity (Wildman–Crippen MR) is 61.6 cm³/mol. The minimum absolute atomic E-state index is 0.346. The standard InChI is InChI=1S/C11H21NO2S/c1-2-6-12-9-11(4-5-11)10-3-7-15(13,14)8-10/h10,12H,2-9H2,1H3. The van der Waals surface area contributed by atoms with Crippen LogP contribution < -0.4 is 5.32 Å². The van der Waals surface area contributed by atoms with Gasteiger partial charge in [-0.1, -0.05) is 6.92 Å². The molecule has 3 nitrogen and oxygen atoms in total. The van der Waals surface area contributed by atoms with Crippen LogP contribution in [0.3, 0.4) is 0 Å². The minimum atomic E-state index is -2.70. The molecule has 0 amide bonds. The van der Waals surface area contributed by atoms with Gasteiger partial charge in [0.25, 0.3) is 0 Å². The number of nitrogens with one attached hydrogen (secondary N) is 1. The lowest BCUT2D eigenvalue weighted by Crippen LogP contribution is -2.31. The van der Waals surface area contributed by atoms with Crippen LogP contribution in [0.25, 0.3) is 0 Å². The van der Waals surface area contributed by atoms with Gasteiger partial charge in [-0.2, -0.15) is 0 Å². The van der Waals surface area contributed by atoms with Crippen molar-refractivity contribution in [3.05, 3.63) is 0 Å². The van der Waals surface area contributed by atoms with Crippen molar-refractivity contribution in [2.45, 2.75) is 32.6 Å². The van der Waals surface area contributed by atoms with E-state index in [1.807, 2.05) is 0 Å². The van der Waals surface area contributed by atoms with Crippen LogP contribution in [0.5, 0.6) is 0 Å². The van der Waals surface area contributed by atoms with E-state index in [1.54, 1.807) is 0 Å². The molecular weight excluding hydrogens is 210 g/mol. The van der Waals surface area contributed by atoms with Crippen LogP contribution in [0.15, 0.2) is 0 Å². The summed E-state index contributed by atoms with van der Waals surface area (Å²) in [7, 11) is -2.70. The summed E-state index contributed by atoms with van der Waals surface area (Å²) < 4.78 is 22.8. The zero-order valence-corrected chi connectivity index (χ0v) is 10.3. The molecule has 88 valence electrons. The van der Waals surface area contributed by atoms with Gasteiger partial charge in [0.1, 0.15) is 0 Å². The zero-order valence-electron chi connectivity index (χ0n) is 9.46. The molecule has 2 rings (SSSR count). The van der Waals surface area contributed by atoms with Gasteiger partial charge < -0.3 is 5.32 Å². The van der Waals surface area contributed by atoms with Crippen molar-refractivity contribution in [1.29, 1.82) is 0 Å². The lowest BCUT2D eigenvalue weighted by atomic mass is 9.88. The summed E-state index contributed by atoms with van der Waals surface area (Å²) >= 11 is 0. The van der Waals surface area contributed by atoms with Gasteiger partial charge >= 0.3 is 0 Å². The van der Waals surface area contributed by atoms with Crippen molar-refractivity contribution >= 4 is 9.84 Å². The van der Waals surface area contributed by atoms with Gasteiger partial charge in [0, 0.05) is 6.54 Å². The Labute approximate surface area is 92.6 Å². The first kappa shape index (κ1) is 11.4. The molecule has 1 aliphatic heterocycles. The Hall–Kier alpha value is -0.0900. The molecule has 4 heteroatoms. The molecule has 1 N–H and O–H groups in total. The van der Waals surface area contributed by atoms with Gasteiger partial charge in [0.05, 0.1) is 11.5 Å². The quantitative estimate of drug-likeness (QED) is 0.723. The monoisotopic (exact) mass is 231 g/mol. The van der Waals surface area contributed by atoms with E-state index in [2.05, 4.69) is 12.2 Å². The molecule has 0 aromatic carbocycles. The van der Waals surface area contributed by atoms with Gasteiger partial charge in [-0.25, -0.2) is 8.42 Å². The Bertz CT molecular complexity index is 319. The van der Waals surface area contributed by atoms with E-state index in [1.165, 1.54) is 12.8 Å². The summed E-state index contributed by atoms with van der Waals surface area (Å²) in [6, 6.07) is 0. The molecule has 2 aliphatic rings. The van der Waals surface area contributed by atoms with Gasteiger partial charge in [-0.15, -0.1) is 0 Å². The van der Waals surface area contributed by atoms with E-state index in [0.29, 0.717) is 22.8 Å². The van der Waals surface area contributed by atoms with Gasteiger partial charge in [-0.3, -0.25) is 0 Å². The van der Waals surface area contributed by atoms with Crippen molar-refractivity contribution in [3.8, 4) is 0 Å². The van der Waals surface area contributed by atoms with Crippen LogP contribution >= 0.6 is 0 Å². The SMILES string of the molecule is CCCNCC1(C2CCS(=O)(=O)C2)CC1. The summed E-state index contributed by atoms with van der Waals surface area (Å²) in [4.78, 5) is 0. The third-order valence-electron chi connectivity index (χ3n) is 3.89. The second-order valence-corrected chi connectivity index (χ2v) is 7.37. The van der Waals surface area contributed by atoms with Crippen molar-refractivity contribution < 1.29 is 8.42 Å². The molecule has 1 atom stereocenters. The third kappa shape index (κ3) is 2.53. The molecule has 0 radical (unpaired) electrons. The van der Waals surface area contributed by atoms with E-state index >= 15 is 0 Å². The lowest BCUT2D eigenvalue weighted by Gasteiger charge is -2.21. The fourth-order valence-electron chi connectivity index (χ4n) is 2.68. The van der Waals surface area contributed by atoms with Crippen molar-refractivity contribution in [3.63, 3.8) is 0 Å². The lowest BCUT2D eigenvalue weighted by molar-refractivity contribution is 0.322. The normalized spacial score (nSPS) is 31.7. The Morgan fingerprint density at radius 2 is 2.13 bits per heavy atom. The molecule has 2 fully saturated rings. The highest BCUT2D eigenvalue weighted by atomic mass is 32.2. The Morgan fingerprint density at radius 3 is 2.60 bits per heavy atom. The summed E-state index contributed by atoms with van der Waals surface area (Å²) in [5, 5.41) is 3.45. The molecule has 0 spiro atoms. The maximum absolute atomic E-state index is 11.4. The summed E-state index contributed by atoms with van der Waals surface area (Å²) in [5.74, 6) is 1.31. The highest BCUT2D eigenvalue weighted by Gasteiger charge is 2.51.